The highest BCUT2D eigenvalue weighted by atomic mass is 79.9. The van der Waals surface area contributed by atoms with Crippen molar-refractivity contribution in [2.24, 2.45) is 0 Å². The Balaban J connectivity index is 2.78. The molecule has 1 N–H and O–H groups in total. The fourth-order valence-corrected chi connectivity index (χ4v) is 1.97. The number of hydrogen-bond donors (Lipinski definition) is 1. The van der Waals surface area contributed by atoms with E-state index in [1.54, 1.807) is 24.3 Å². The minimum absolute atomic E-state index is 0.631. The zero-order chi connectivity index (χ0) is 9.19. The van der Waals surface area contributed by atoms with Gasteiger partial charge in [0.05, 0.1) is 0 Å². The van der Waals surface area contributed by atoms with Crippen LogP contribution in [0.15, 0.2) is 28.7 Å². The summed E-state index contributed by atoms with van der Waals surface area (Å²) in [6.45, 7) is 0. The van der Waals surface area contributed by atoms with Crippen molar-refractivity contribution in [3.8, 4) is 0 Å². The number of benzene rings is 1. The molecule has 1 aromatic carbocycles. The van der Waals surface area contributed by atoms with Crippen LogP contribution in [-0.4, -0.2) is 0 Å². The molecular weight excluding hydrogens is 284 g/mol. The summed E-state index contributed by atoms with van der Waals surface area (Å²) >= 11 is 13.9. The second-order valence-corrected chi connectivity index (χ2v) is 7.52. The number of hydrogen-bond acceptors (Lipinski definition) is 1. The van der Waals surface area contributed by atoms with Crippen molar-refractivity contribution in [1.82, 2.24) is 0 Å². The molecule has 0 amide bonds. The smallest absolute Gasteiger partial charge is 0.313 e. The molecule has 6 heteroatoms. The van der Waals surface area contributed by atoms with Gasteiger partial charge in [-0.15, -0.1) is 0 Å². The molecule has 66 valence electrons. The van der Waals surface area contributed by atoms with Gasteiger partial charge in [0, 0.05) is 10.2 Å². The minimum atomic E-state index is -3.22. The molecule has 0 aliphatic carbocycles. The van der Waals surface area contributed by atoms with Gasteiger partial charge in [-0.3, -0.25) is 4.57 Å². The van der Waals surface area contributed by atoms with Crippen LogP contribution in [0.4, 0.5) is 5.69 Å². The average Bonchev–Trinajstić information content (AvgIpc) is 1.91. The quantitative estimate of drug-likeness (QED) is 0.815. The van der Waals surface area contributed by atoms with Crippen molar-refractivity contribution < 1.29 is 4.57 Å². The van der Waals surface area contributed by atoms with Crippen molar-refractivity contribution in [3.05, 3.63) is 28.7 Å². The van der Waals surface area contributed by atoms with Gasteiger partial charge < -0.3 is 5.09 Å². The molecule has 2 nitrogen and oxygen atoms in total. The molecule has 0 aliphatic heterocycles. The van der Waals surface area contributed by atoms with Crippen molar-refractivity contribution in [3.63, 3.8) is 0 Å². The first kappa shape index (κ1) is 10.4. The Morgan fingerprint density at radius 1 is 1.25 bits per heavy atom. The summed E-state index contributed by atoms with van der Waals surface area (Å²) in [5.74, 6) is -3.22. The Bertz CT molecular complexity index is 310. The predicted molar refractivity (Wildman–Crippen MR) is 57.1 cm³/mol. The lowest BCUT2D eigenvalue weighted by atomic mass is 10.3. The number of rotatable bonds is 2. The Morgan fingerprint density at radius 2 is 1.75 bits per heavy atom. The first-order valence-corrected chi connectivity index (χ1v) is 7.31. The lowest BCUT2D eigenvalue weighted by Crippen LogP contribution is -1.85. The molecule has 0 saturated heterocycles. The van der Waals surface area contributed by atoms with E-state index in [9.17, 15) is 4.57 Å². The van der Waals surface area contributed by atoms with Crippen LogP contribution in [0.1, 0.15) is 0 Å². The number of nitrogens with one attached hydrogen (secondary N) is 1. The van der Waals surface area contributed by atoms with E-state index in [1.807, 2.05) is 0 Å². The highest BCUT2D eigenvalue weighted by molar-refractivity contribution is 9.10. The van der Waals surface area contributed by atoms with Crippen LogP contribution in [0.25, 0.3) is 0 Å². The van der Waals surface area contributed by atoms with E-state index >= 15 is 0 Å². The van der Waals surface area contributed by atoms with Crippen LogP contribution in [0.3, 0.4) is 0 Å². The molecule has 0 aromatic heterocycles. The Morgan fingerprint density at radius 3 is 2.17 bits per heavy atom. The van der Waals surface area contributed by atoms with Crippen LogP contribution in [0, 0.1) is 0 Å². The van der Waals surface area contributed by atoms with E-state index < -0.39 is 6.00 Å². The SMILES string of the molecule is O=P(Cl)(Cl)Nc1ccc(Br)cc1. The van der Waals surface area contributed by atoms with Gasteiger partial charge in [-0.25, -0.2) is 0 Å². The van der Waals surface area contributed by atoms with Crippen LogP contribution in [0.5, 0.6) is 0 Å². The fourth-order valence-electron chi connectivity index (χ4n) is 0.675. The van der Waals surface area contributed by atoms with Gasteiger partial charge in [-0.2, -0.15) is 0 Å². The summed E-state index contributed by atoms with van der Waals surface area (Å²) < 4.78 is 11.8. The Labute approximate surface area is 88.4 Å². The van der Waals surface area contributed by atoms with Crippen LogP contribution >= 0.6 is 44.4 Å². The summed E-state index contributed by atoms with van der Waals surface area (Å²) in [4.78, 5) is 0. The van der Waals surface area contributed by atoms with E-state index in [0.29, 0.717) is 5.69 Å². The van der Waals surface area contributed by atoms with Gasteiger partial charge in [0.2, 0.25) is 0 Å². The van der Waals surface area contributed by atoms with E-state index in [4.69, 9.17) is 22.5 Å². The molecule has 12 heavy (non-hydrogen) atoms. The lowest BCUT2D eigenvalue weighted by Gasteiger charge is -2.05. The maximum absolute atomic E-state index is 10.9. The second kappa shape index (κ2) is 4.01. The molecule has 0 bridgehead atoms. The van der Waals surface area contributed by atoms with Crippen LogP contribution < -0.4 is 5.09 Å². The van der Waals surface area contributed by atoms with E-state index in [1.165, 1.54) is 0 Å². The third kappa shape index (κ3) is 3.81. The predicted octanol–water partition coefficient (Wildman–Crippen LogP) is 4.45. The average molecular weight is 289 g/mol. The van der Waals surface area contributed by atoms with Gasteiger partial charge in [-0.1, -0.05) is 15.9 Å². The van der Waals surface area contributed by atoms with Gasteiger partial charge in [-0.05, 0) is 46.7 Å². The molecule has 0 spiro atoms. The summed E-state index contributed by atoms with van der Waals surface area (Å²) in [6, 6.07) is 7.04. The summed E-state index contributed by atoms with van der Waals surface area (Å²) in [6.07, 6.45) is 0. The first-order chi connectivity index (χ1) is 5.47. The van der Waals surface area contributed by atoms with E-state index in [0.717, 1.165) is 4.47 Å². The summed E-state index contributed by atoms with van der Waals surface area (Å²) in [7, 11) is 0. The topological polar surface area (TPSA) is 29.1 Å². The largest absolute Gasteiger partial charge is 0.343 e. The first-order valence-electron chi connectivity index (χ1n) is 3.00. The third-order valence-electron chi connectivity index (χ3n) is 1.10. The van der Waals surface area contributed by atoms with Crippen LogP contribution in [0.2, 0.25) is 0 Å². The molecule has 0 radical (unpaired) electrons. The zero-order valence-electron chi connectivity index (χ0n) is 5.80. The normalized spacial score (nSPS) is 11.2. The molecule has 0 heterocycles. The molecular formula is C6H5BrCl2NOP. The Hall–Kier alpha value is 0.310. The maximum Gasteiger partial charge on any atom is 0.343 e. The lowest BCUT2D eigenvalue weighted by molar-refractivity contribution is 0.595. The second-order valence-electron chi connectivity index (χ2n) is 2.08. The minimum Gasteiger partial charge on any atom is -0.313 e. The third-order valence-corrected chi connectivity index (χ3v) is 2.66. The molecule has 0 atom stereocenters. The van der Waals surface area contributed by atoms with Crippen LogP contribution in [-0.2, 0) is 4.57 Å². The molecule has 0 fully saturated rings. The molecule has 1 rings (SSSR count). The standard InChI is InChI=1S/C6H5BrCl2NOP/c7-5-1-3-6(4-2-5)10-12(8,9)11/h1-4H,(H,10,11). The number of anilines is 1. The highest BCUT2D eigenvalue weighted by Crippen LogP contribution is 2.55. The Kier molecular flexibility index (Phi) is 3.47. The number of halogens is 3. The molecule has 0 saturated carbocycles. The molecule has 1 aromatic rings. The van der Waals surface area contributed by atoms with Gasteiger partial charge in [0.1, 0.15) is 0 Å². The summed E-state index contributed by atoms with van der Waals surface area (Å²) in [5.41, 5.74) is 0.631. The van der Waals surface area contributed by atoms with Gasteiger partial charge in [0.25, 0.3) is 0 Å². The van der Waals surface area contributed by atoms with E-state index in [2.05, 4.69) is 21.0 Å². The van der Waals surface area contributed by atoms with Crippen molar-refractivity contribution in [2.75, 3.05) is 5.09 Å². The van der Waals surface area contributed by atoms with Crippen molar-refractivity contribution in [2.45, 2.75) is 0 Å². The van der Waals surface area contributed by atoms with E-state index in [-0.39, 0.29) is 0 Å². The fraction of sp³-hybridized carbons (Fsp3) is 0. The monoisotopic (exact) mass is 287 g/mol. The van der Waals surface area contributed by atoms with Gasteiger partial charge in [0.15, 0.2) is 0 Å². The maximum atomic E-state index is 10.9. The van der Waals surface area contributed by atoms with Crippen molar-refractivity contribution >= 4 is 50.1 Å². The highest BCUT2D eigenvalue weighted by Gasteiger charge is 2.11. The van der Waals surface area contributed by atoms with Gasteiger partial charge >= 0.3 is 6.00 Å². The summed E-state index contributed by atoms with van der Waals surface area (Å²) in [5, 5.41) is 2.47. The zero-order valence-corrected chi connectivity index (χ0v) is 9.79. The molecule has 0 unspecified atom stereocenters. The molecule has 0 aliphatic rings. The van der Waals surface area contributed by atoms with Crippen molar-refractivity contribution in [1.29, 1.82) is 0 Å².